The van der Waals surface area contributed by atoms with Gasteiger partial charge in [0.25, 0.3) is 0 Å². The standard InChI is InChI=1S/C25H24F5N3O5/c26-19-16(20(27)22(29)23(30)21(19)28)7-8-18(35)31-17(13-34)24(36)32-9-4-10-33(12-11-32)25(37)38-14-15-5-2-1-3-6-15/h1-3,5-8,17,34H,4,9-14H2,(H,31,35)/t17-/m0/s1. The van der Waals surface area contributed by atoms with Crippen molar-refractivity contribution in [1.29, 1.82) is 0 Å². The summed E-state index contributed by atoms with van der Waals surface area (Å²) in [5, 5.41) is 11.7. The van der Waals surface area contributed by atoms with Crippen molar-refractivity contribution < 1.29 is 46.2 Å². The van der Waals surface area contributed by atoms with Gasteiger partial charge in [-0.2, -0.15) is 0 Å². The zero-order valence-electron chi connectivity index (χ0n) is 19.9. The highest BCUT2D eigenvalue weighted by Gasteiger charge is 2.29. The molecule has 8 nitrogen and oxygen atoms in total. The first-order chi connectivity index (χ1) is 18.1. The van der Waals surface area contributed by atoms with Crippen molar-refractivity contribution in [2.75, 3.05) is 32.8 Å². The van der Waals surface area contributed by atoms with Gasteiger partial charge in [0.15, 0.2) is 23.3 Å². The van der Waals surface area contributed by atoms with Crippen molar-refractivity contribution in [1.82, 2.24) is 15.1 Å². The Morgan fingerprint density at radius 1 is 0.895 bits per heavy atom. The Kier molecular flexibility index (Phi) is 9.77. The van der Waals surface area contributed by atoms with E-state index in [0.717, 1.165) is 5.56 Å². The van der Waals surface area contributed by atoms with Crippen LogP contribution >= 0.6 is 0 Å². The Bertz CT molecular complexity index is 1180. The number of aliphatic hydroxyl groups excluding tert-OH is 1. The molecule has 3 amide bonds. The zero-order valence-corrected chi connectivity index (χ0v) is 19.9. The summed E-state index contributed by atoms with van der Waals surface area (Å²) < 4.78 is 72.6. The van der Waals surface area contributed by atoms with Crippen LogP contribution in [-0.2, 0) is 20.9 Å². The topological polar surface area (TPSA) is 99.2 Å². The third-order valence-electron chi connectivity index (χ3n) is 5.71. The van der Waals surface area contributed by atoms with Crippen LogP contribution in [0.5, 0.6) is 0 Å². The van der Waals surface area contributed by atoms with Crippen molar-refractivity contribution in [3.05, 3.63) is 76.6 Å². The van der Waals surface area contributed by atoms with Crippen molar-refractivity contribution in [3.8, 4) is 0 Å². The minimum Gasteiger partial charge on any atom is -0.445 e. The second-order valence-electron chi connectivity index (χ2n) is 8.27. The van der Waals surface area contributed by atoms with Gasteiger partial charge in [0.2, 0.25) is 17.6 Å². The van der Waals surface area contributed by atoms with Gasteiger partial charge in [-0.3, -0.25) is 9.59 Å². The lowest BCUT2D eigenvalue weighted by molar-refractivity contribution is -0.136. The number of carbonyl (C=O) groups is 3. The molecule has 0 aromatic heterocycles. The largest absolute Gasteiger partial charge is 0.445 e. The first kappa shape index (κ1) is 28.6. The molecule has 3 rings (SSSR count). The van der Waals surface area contributed by atoms with E-state index in [1.807, 2.05) is 18.2 Å². The van der Waals surface area contributed by atoms with E-state index in [2.05, 4.69) is 5.32 Å². The van der Waals surface area contributed by atoms with Crippen LogP contribution in [0.1, 0.15) is 17.5 Å². The van der Waals surface area contributed by atoms with Gasteiger partial charge in [0.1, 0.15) is 12.6 Å². The summed E-state index contributed by atoms with van der Waals surface area (Å²) in [4.78, 5) is 40.2. The van der Waals surface area contributed by atoms with Gasteiger partial charge < -0.3 is 25.0 Å². The smallest absolute Gasteiger partial charge is 0.410 e. The van der Waals surface area contributed by atoms with E-state index >= 15 is 0 Å². The third kappa shape index (κ3) is 6.85. The first-order valence-electron chi connectivity index (χ1n) is 11.5. The van der Waals surface area contributed by atoms with Gasteiger partial charge in [-0.15, -0.1) is 0 Å². The number of ether oxygens (including phenoxy) is 1. The highest BCUT2D eigenvalue weighted by molar-refractivity contribution is 5.95. The molecular formula is C25H24F5N3O5. The van der Waals surface area contributed by atoms with E-state index in [4.69, 9.17) is 4.74 Å². The molecule has 13 heteroatoms. The molecule has 1 saturated heterocycles. The Morgan fingerprint density at radius 2 is 1.47 bits per heavy atom. The van der Waals surface area contributed by atoms with Crippen LogP contribution in [0.2, 0.25) is 0 Å². The van der Waals surface area contributed by atoms with E-state index in [0.29, 0.717) is 25.1 Å². The lowest BCUT2D eigenvalue weighted by Crippen LogP contribution is -2.51. The van der Waals surface area contributed by atoms with Gasteiger partial charge in [-0.05, 0) is 18.1 Å². The Labute approximate surface area is 214 Å². The van der Waals surface area contributed by atoms with Crippen LogP contribution in [-0.4, -0.2) is 71.6 Å². The number of nitrogens with zero attached hydrogens (tertiary/aromatic N) is 2. The quantitative estimate of drug-likeness (QED) is 0.243. The molecule has 1 atom stereocenters. The highest BCUT2D eigenvalue weighted by Crippen LogP contribution is 2.24. The molecule has 1 fully saturated rings. The molecule has 0 unspecified atom stereocenters. The van der Waals surface area contributed by atoms with E-state index in [9.17, 15) is 41.4 Å². The summed E-state index contributed by atoms with van der Waals surface area (Å²) in [5.41, 5.74) is -0.529. The van der Waals surface area contributed by atoms with Crippen molar-refractivity contribution in [2.24, 2.45) is 0 Å². The third-order valence-corrected chi connectivity index (χ3v) is 5.71. The summed E-state index contributed by atoms with van der Waals surface area (Å²) in [7, 11) is 0. The van der Waals surface area contributed by atoms with Crippen LogP contribution in [0.3, 0.4) is 0 Å². The lowest BCUT2D eigenvalue weighted by atomic mass is 10.1. The summed E-state index contributed by atoms with van der Waals surface area (Å²) in [6, 6.07) is 7.60. The number of aliphatic hydroxyl groups is 1. The van der Waals surface area contributed by atoms with Crippen LogP contribution in [0.15, 0.2) is 36.4 Å². The molecule has 1 heterocycles. The van der Waals surface area contributed by atoms with E-state index in [-0.39, 0.29) is 26.2 Å². The summed E-state index contributed by atoms with van der Waals surface area (Å²) in [6.45, 7) is -0.0415. The van der Waals surface area contributed by atoms with Gasteiger partial charge in [0.05, 0.1) is 12.2 Å². The summed E-state index contributed by atoms with van der Waals surface area (Å²) in [5.74, 6) is -12.8. The van der Waals surface area contributed by atoms with Gasteiger partial charge in [0, 0.05) is 32.3 Å². The van der Waals surface area contributed by atoms with Crippen molar-refractivity contribution >= 4 is 24.0 Å². The maximum atomic E-state index is 13.8. The predicted octanol–water partition coefficient (Wildman–Crippen LogP) is 2.74. The molecule has 0 saturated carbocycles. The van der Waals surface area contributed by atoms with Crippen molar-refractivity contribution in [2.45, 2.75) is 19.1 Å². The molecule has 0 spiro atoms. The number of nitrogens with one attached hydrogen (secondary N) is 1. The van der Waals surface area contributed by atoms with Gasteiger partial charge >= 0.3 is 6.09 Å². The van der Waals surface area contributed by atoms with Crippen molar-refractivity contribution in [3.63, 3.8) is 0 Å². The minimum absolute atomic E-state index is 0.0754. The molecule has 38 heavy (non-hydrogen) atoms. The Hall–Kier alpha value is -4.00. The number of hydrogen-bond donors (Lipinski definition) is 2. The number of amides is 3. The van der Waals surface area contributed by atoms with Gasteiger partial charge in [-0.25, -0.2) is 26.7 Å². The maximum absolute atomic E-state index is 13.8. The van der Waals surface area contributed by atoms with Crippen LogP contribution in [0.4, 0.5) is 26.7 Å². The average molecular weight is 541 g/mol. The molecule has 2 aromatic rings. The molecule has 2 N–H and O–H groups in total. The molecule has 0 radical (unpaired) electrons. The van der Waals surface area contributed by atoms with E-state index in [1.165, 1.54) is 9.80 Å². The van der Waals surface area contributed by atoms with E-state index in [1.54, 1.807) is 12.1 Å². The highest BCUT2D eigenvalue weighted by atomic mass is 19.2. The fourth-order valence-electron chi connectivity index (χ4n) is 3.68. The fraction of sp³-hybridized carbons (Fsp3) is 0.320. The minimum atomic E-state index is -2.34. The number of rotatable bonds is 7. The Morgan fingerprint density at radius 3 is 2.11 bits per heavy atom. The first-order valence-corrected chi connectivity index (χ1v) is 11.5. The molecule has 1 aliphatic rings. The SMILES string of the molecule is O=C(C=Cc1c(F)c(F)c(F)c(F)c1F)N[C@@H](CO)C(=O)N1CCCN(C(=O)OCc2ccccc2)CC1. The lowest BCUT2D eigenvalue weighted by Gasteiger charge is -2.25. The maximum Gasteiger partial charge on any atom is 0.410 e. The van der Waals surface area contributed by atoms with Crippen LogP contribution in [0, 0.1) is 29.1 Å². The van der Waals surface area contributed by atoms with Crippen LogP contribution in [0.25, 0.3) is 6.08 Å². The number of carbonyl (C=O) groups excluding carboxylic acids is 3. The molecule has 1 aliphatic heterocycles. The van der Waals surface area contributed by atoms with E-state index < -0.39 is 65.2 Å². The number of benzene rings is 2. The average Bonchev–Trinajstić information content (AvgIpc) is 3.19. The fourth-order valence-corrected chi connectivity index (χ4v) is 3.68. The molecule has 0 aliphatic carbocycles. The molecule has 2 aromatic carbocycles. The summed E-state index contributed by atoms with van der Waals surface area (Å²) in [6.07, 6.45) is 0.669. The monoisotopic (exact) mass is 541 g/mol. The number of halogens is 5. The normalized spacial score (nSPS) is 14.8. The Balaban J connectivity index is 1.57. The second-order valence-corrected chi connectivity index (χ2v) is 8.27. The predicted molar refractivity (Wildman–Crippen MR) is 124 cm³/mol. The molecule has 204 valence electrons. The zero-order chi connectivity index (χ0) is 27.8. The number of hydrogen-bond acceptors (Lipinski definition) is 5. The van der Waals surface area contributed by atoms with Gasteiger partial charge in [-0.1, -0.05) is 30.3 Å². The molecule has 0 bridgehead atoms. The van der Waals surface area contributed by atoms with Crippen LogP contribution < -0.4 is 5.32 Å². The summed E-state index contributed by atoms with van der Waals surface area (Å²) >= 11 is 0. The molecular weight excluding hydrogens is 517 g/mol. The second kappa shape index (κ2) is 13.0.